The Labute approximate surface area is 116 Å². The second kappa shape index (κ2) is 6.20. The Morgan fingerprint density at radius 1 is 1.56 bits per heavy atom. The van der Waals surface area contributed by atoms with Gasteiger partial charge in [0.15, 0.2) is 5.75 Å². The highest BCUT2D eigenvalue weighted by Gasteiger charge is 2.20. The van der Waals surface area contributed by atoms with Crippen LogP contribution in [0, 0.1) is 12.8 Å². The maximum atomic E-state index is 11.9. The molecule has 0 heterocycles. The molecule has 1 amide bonds. The van der Waals surface area contributed by atoms with E-state index < -0.39 is 6.04 Å². The highest BCUT2D eigenvalue weighted by molar-refractivity contribution is 9.10. The van der Waals surface area contributed by atoms with Crippen LogP contribution in [0.2, 0.25) is 0 Å². The molecule has 0 fully saturated rings. The van der Waals surface area contributed by atoms with E-state index in [4.69, 9.17) is 5.73 Å². The summed E-state index contributed by atoms with van der Waals surface area (Å²) < 4.78 is 0.551. The Hall–Kier alpha value is -1.07. The number of nitrogens with two attached hydrogens (primary N) is 1. The normalized spacial score (nSPS) is 14.1. The van der Waals surface area contributed by atoms with E-state index in [0.29, 0.717) is 10.2 Å². The summed E-state index contributed by atoms with van der Waals surface area (Å²) in [5, 5.41) is 12.5. The SMILES string of the molecule is CCC(C)C(N)C(=O)Nc1cc(C)cc(Br)c1O. The molecule has 0 aliphatic rings. The van der Waals surface area contributed by atoms with Gasteiger partial charge < -0.3 is 16.2 Å². The number of anilines is 1. The summed E-state index contributed by atoms with van der Waals surface area (Å²) in [6, 6.07) is 2.91. The average molecular weight is 315 g/mol. The Morgan fingerprint density at radius 2 is 2.17 bits per heavy atom. The first-order chi connectivity index (χ1) is 8.36. The van der Waals surface area contributed by atoms with Crippen molar-refractivity contribution in [3.8, 4) is 5.75 Å². The Balaban J connectivity index is 2.88. The molecule has 0 aliphatic heterocycles. The summed E-state index contributed by atoms with van der Waals surface area (Å²) in [5.74, 6) is -0.164. The van der Waals surface area contributed by atoms with Crippen molar-refractivity contribution in [2.75, 3.05) is 5.32 Å². The van der Waals surface area contributed by atoms with E-state index in [9.17, 15) is 9.90 Å². The van der Waals surface area contributed by atoms with Gasteiger partial charge in [0.1, 0.15) is 0 Å². The van der Waals surface area contributed by atoms with Crippen LogP contribution in [0.3, 0.4) is 0 Å². The molecule has 2 unspecified atom stereocenters. The van der Waals surface area contributed by atoms with E-state index in [0.717, 1.165) is 12.0 Å². The first kappa shape index (κ1) is 15.0. The van der Waals surface area contributed by atoms with Crippen molar-refractivity contribution in [2.45, 2.75) is 33.2 Å². The minimum atomic E-state index is -0.575. The van der Waals surface area contributed by atoms with Crippen LogP contribution >= 0.6 is 15.9 Å². The van der Waals surface area contributed by atoms with E-state index in [1.54, 1.807) is 12.1 Å². The predicted molar refractivity (Wildman–Crippen MR) is 76.6 cm³/mol. The number of nitrogens with one attached hydrogen (secondary N) is 1. The van der Waals surface area contributed by atoms with Crippen molar-refractivity contribution in [3.05, 3.63) is 22.2 Å². The molecule has 4 nitrogen and oxygen atoms in total. The molecule has 100 valence electrons. The summed E-state index contributed by atoms with van der Waals surface area (Å²) in [4.78, 5) is 11.9. The van der Waals surface area contributed by atoms with Crippen molar-refractivity contribution in [2.24, 2.45) is 11.7 Å². The van der Waals surface area contributed by atoms with Crippen LogP contribution in [-0.4, -0.2) is 17.1 Å². The number of rotatable bonds is 4. The van der Waals surface area contributed by atoms with Crippen LogP contribution < -0.4 is 11.1 Å². The van der Waals surface area contributed by atoms with Crippen LogP contribution in [-0.2, 0) is 4.79 Å². The highest BCUT2D eigenvalue weighted by atomic mass is 79.9. The second-order valence-corrected chi connectivity index (χ2v) is 5.40. The minimum absolute atomic E-state index is 0.0188. The molecule has 5 heteroatoms. The summed E-state index contributed by atoms with van der Waals surface area (Å²) in [6.45, 7) is 5.79. The second-order valence-electron chi connectivity index (χ2n) is 4.54. The molecule has 4 N–H and O–H groups in total. The summed E-state index contributed by atoms with van der Waals surface area (Å²) in [5.41, 5.74) is 7.16. The number of benzene rings is 1. The van der Waals surface area contributed by atoms with Gasteiger partial charge in [-0.25, -0.2) is 0 Å². The van der Waals surface area contributed by atoms with Gasteiger partial charge in [-0.05, 0) is 46.5 Å². The summed E-state index contributed by atoms with van der Waals surface area (Å²) in [7, 11) is 0. The number of carbonyl (C=O) groups is 1. The number of hydrogen-bond donors (Lipinski definition) is 3. The van der Waals surface area contributed by atoms with Gasteiger partial charge in [0.05, 0.1) is 16.2 Å². The van der Waals surface area contributed by atoms with Gasteiger partial charge in [0.2, 0.25) is 5.91 Å². The maximum absolute atomic E-state index is 11.9. The number of aromatic hydroxyl groups is 1. The lowest BCUT2D eigenvalue weighted by Crippen LogP contribution is -2.40. The Bertz CT molecular complexity index is 449. The van der Waals surface area contributed by atoms with E-state index >= 15 is 0 Å². The fourth-order valence-electron chi connectivity index (χ4n) is 1.56. The lowest BCUT2D eigenvalue weighted by molar-refractivity contribution is -0.118. The van der Waals surface area contributed by atoms with Gasteiger partial charge in [-0.15, -0.1) is 0 Å². The van der Waals surface area contributed by atoms with E-state index in [2.05, 4.69) is 21.2 Å². The first-order valence-electron chi connectivity index (χ1n) is 5.92. The largest absolute Gasteiger partial charge is 0.505 e. The van der Waals surface area contributed by atoms with Crippen molar-refractivity contribution < 1.29 is 9.90 Å². The van der Waals surface area contributed by atoms with Crippen molar-refractivity contribution >= 4 is 27.5 Å². The number of carbonyl (C=O) groups excluding carboxylic acids is 1. The van der Waals surface area contributed by atoms with Gasteiger partial charge in [0.25, 0.3) is 0 Å². The number of aryl methyl sites for hydroxylation is 1. The summed E-state index contributed by atoms with van der Waals surface area (Å²) >= 11 is 3.23. The van der Waals surface area contributed by atoms with E-state index in [1.807, 2.05) is 20.8 Å². The lowest BCUT2D eigenvalue weighted by atomic mass is 9.99. The Kier molecular flexibility index (Phi) is 5.16. The zero-order valence-corrected chi connectivity index (χ0v) is 12.4. The van der Waals surface area contributed by atoms with Crippen LogP contribution in [0.15, 0.2) is 16.6 Å². The molecule has 1 aromatic carbocycles. The minimum Gasteiger partial charge on any atom is -0.505 e. The molecular weight excluding hydrogens is 296 g/mol. The first-order valence-corrected chi connectivity index (χ1v) is 6.71. The number of amides is 1. The highest BCUT2D eigenvalue weighted by Crippen LogP contribution is 2.33. The molecule has 0 bridgehead atoms. The third kappa shape index (κ3) is 3.46. The molecule has 1 aromatic rings. The van der Waals surface area contributed by atoms with Crippen molar-refractivity contribution in [3.63, 3.8) is 0 Å². The average Bonchev–Trinajstić information content (AvgIpc) is 2.33. The van der Waals surface area contributed by atoms with Crippen molar-refractivity contribution in [1.29, 1.82) is 0 Å². The van der Waals surface area contributed by atoms with Gasteiger partial charge in [0, 0.05) is 0 Å². The maximum Gasteiger partial charge on any atom is 0.241 e. The number of phenolic OH excluding ortho intramolecular Hbond substituents is 1. The van der Waals surface area contributed by atoms with Crippen LogP contribution in [0.25, 0.3) is 0 Å². The van der Waals surface area contributed by atoms with Gasteiger partial charge >= 0.3 is 0 Å². The smallest absolute Gasteiger partial charge is 0.241 e. The number of halogens is 1. The molecule has 0 aromatic heterocycles. The monoisotopic (exact) mass is 314 g/mol. The molecule has 0 aliphatic carbocycles. The molecule has 18 heavy (non-hydrogen) atoms. The predicted octanol–water partition coefficient (Wildman–Crippen LogP) is 2.78. The van der Waals surface area contributed by atoms with E-state index in [-0.39, 0.29) is 17.6 Å². The molecule has 2 atom stereocenters. The van der Waals surface area contributed by atoms with Crippen molar-refractivity contribution in [1.82, 2.24) is 0 Å². The lowest BCUT2D eigenvalue weighted by Gasteiger charge is -2.18. The molecule has 0 saturated heterocycles. The molecule has 1 rings (SSSR count). The third-order valence-electron chi connectivity index (χ3n) is 3.03. The topological polar surface area (TPSA) is 75.4 Å². The zero-order chi connectivity index (χ0) is 13.9. The fraction of sp³-hybridized carbons (Fsp3) is 0.462. The van der Waals surface area contributed by atoms with Gasteiger partial charge in [-0.2, -0.15) is 0 Å². The van der Waals surface area contributed by atoms with Crippen LogP contribution in [0.1, 0.15) is 25.8 Å². The number of hydrogen-bond acceptors (Lipinski definition) is 3. The van der Waals surface area contributed by atoms with Gasteiger partial charge in [-0.3, -0.25) is 4.79 Å². The third-order valence-corrected chi connectivity index (χ3v) is 3.63. The number of phenols is 1. The standard InChI is InChI=1S/C13H19BrN2O2/c1-4-8(3)11(15)13(18)16-10-6-7(2)5-9(14)12(10)17/h5-6,8,11,17H,4,15H2,1-3H3,(H,16,18). The fourth-order valence-corrected chi connectivity index (χ4v) is 2.13. The Morgan fingerprint density at radius 3 is 2.72 bits per heavy atom. The van der Waals surface area contributed by atoms with Gasteiger partial charge in [-0.1, -0.05) is 20.3 Å². The summed E-state index contributed by atoms with van der Waals surface area (Å²) in [6.07, 6.45) is 0.831. The zero-order valence-electron chi connectivity index (χ0n) is 10.8. The molecule has 0 spiro atoms. The molecule has 0 radical (unpaired) electrons. The van der Waals surface area contributed by atoms with Crippen LogP contribution in [0.4, 0.5) is 5.69 Å². The molecular formula is C13H19BrN2O2. The molecule has 0 saturated carbocycles. The quantitative estimate of drug-likeness (QED) is 0.748. The van der Waals surface area contributed by atoms with E-state index in [1.165, 1.54) is 0 Å². The van der Waals surface area contributed by atoms with Crippen LogP contribution in [0.5, 0.6) is 5.75 Å².